The van der Waals surface area contributed by atoms with Crippen molar-refractivity contribution in [2.75, 3.05) is 51.5 Å². The number of fused-ring (bicyclic) bond motifs is 1. The van der Waals surface area contributed by atoms with E-state index in [0.717, 1.165) is 11.3 Å². The van der Waals surface area contributed by atoms with Crippen molar-refractivity contribution in [3.63, 3.8) is 0 Å². The number of nitrogens with zero attached hydrogens (tertiary/aromatic N) is 3. The molecule has 1 heterocycles. The molecule has 7 nitrogen and oxygen atoms in total. The van der Waals surface area contributed by atoms with Crippen molar-refractivity contribution in [1.29, 1.82) is 0 Å². The fraction of sp³-hybridized carbons (Fsp3) is 0.500. The topological polar surface area (TPSA) is 79.1 Å². The van der Waals surface area contributed by atoms with E-state index in [9.17, 15) is 9.59 Å². The van der Waals surface area contributed by atoms with Crippen LogP contribution in [0.1, 0.15) is 12.5 Å². The number of hydrogen-bond acceptors (Lipinski definition) is 5. The van der Waals surface area contributed by atoms with Crippen molar-refractivity contribution in [1.82, 2.24) is 9.80 Å². The quantitative estimate of drug-likeness (QED) is 0.819. The van der Waals surface area contributed by atoms with Crippen LogP contribution in [0.15, 0.2) is 12.1 Å². The third-order valence-corrected chi connectivity index (χ3v) is 3.95. The van der Waals surface area contributed by atoms with E-state index in [1.165, 1.54) is 4.90 Å². The predicted octanol–water partition coefficient (Wildman–Crippen LogP) is 0.534. The number of rotatable bonds is 4. The SMILES string of the molecule is CCN1C(=O)CN(CC(=O)N(C)C)Cc2cc(OC)c(N)cc21. The molecule has 0 unspecified atom stereocenters. The van der Waals surface area contributed by atoms with Crippen LogP contribution < -0.4 is 15.4 Å². The Morgan fingerprint density at radius 1 is 1.35 bits per heavy atom. The van der Waals surface area contributed by atoms with Crippen LogP contribution in [0.5, 0.6) is 5.75 Å². The molecule has 126 valence electrons. The van der Waals surface area contributed by atoms with E-state index in [4.69, 9.17) is 10.5 Å². The summed E-state index contributed by atoms with van der Waals surface area (Å²) < 4.78 is 5.28. The second kappa shape index (κ2) is 6.87. The molecular weight excluding hydrogens is 296 g/mol. The first kappa shape index (κ1) is 17.1. The standard InChI is InChI=1S/C16H24N4O3/c1-5-20-13-7-12(17)14(23-4)6-11(13)8-19(10-16(20)22)9-15(21)18(2)3/h6-7H,5,8-10,17H2,1-4H3. The zero-order chi connectivity index (χ0) is 17.1. The van der Waals surface area contributed by atoms with E-state index in [1.54, 1.807) is 32.2 Å². The Hall–Kier alpha value is -2.28. The molecule has 2 amide bonds. The lowest BCUT2D eigenvalue weighted by Gasteiger charge is -2.22. The summed E-state index contributed by atoms with van der Waals surface area (Å²) in [5, 5.41) is 0. The Bertz CT molecular complexity index is 616. The van der Waals surface area contributed by atoms with E-state index in [-0.39, 0.29) is 24.9 Å². The number of methoxy groups -OCH3 is 1. The number of hydrogen-bond donors (Lipinski definition) is 1. The van der Waals surface area contributed by atoms with E-state index < -0.39 is 0 Å². The maximum Gasteiger partial charge on any atom is 0.241 e. The average Bonchev–Trinajstić information content (AvgIpc) is 2.61. The Morgan fingerprint density at radius 2 is 2.04 bits per heavy atom. The molecule has 0 spiro atoms. The molecule has 0 aliphatic carbocycles. The molecule has 0 bridgehead atoms. The highest BCUT2D eigenvalue weighted by Crippen LogP contribution is 2.34. The molecule has 7 heteroatoms. The van der Waals surface area contributed by atoms with Crippen LogP contribution in [0, 0.1) is 0 Å². The van der Waals surface area contributed by atoms with Gasteiger partial charge in [0.15, 0.2) is 0 Å². The predicted molar refractivity (Wildman–Crippen MR) is 89.4 cm³/mol. The van der Waals surface area contributed by atoms with Crippen molar-refractivity contribution >= 4 is 23.2 Å². The number of carbonyl (C=O) groups is 2. The molecule has 2 rings (SSSR count). The molecule has 0 saturated heterocycles. The summed E-state index contributed by atoms with van der Waals surface area (Å²) in [5.74, 6) is 0.502. The summed E-state index contributed by atoms with van der Waals surface area (Å²) >= 11 is 0. The van der Waals surface area contributed by atoms with Crippen LogP contribution >= 0.6 is 0 Å². The van der Waals surface area contributed by atoms with Crippen LogP contribution in [0.2, 0.25) is 0 Å². The van der Waals surface area contributed by atoms with Gasteiger partial charge in [0.25, 0.3) is 0 Å². The Morgan fingerprint density at radius 3 is 2.61 bits per heavy atom. The highest BCUT2D eigenvalue weighted by Gasteiger charge is 2.27. The summed E-state index contributed by atoms with van der Waals surface area (Å²) in [5.41, 5.74) is 8.20. The number of amides is 2. The number of anilines is 2. The smallest absolute Gasteiger partial charge is 0.241 e. The maximum absolute atomic E-state index is 12.5. The van der Waals surface area contributed by atoms with Gasteiger partial charge in [-0.15, -0.1) is 0 Å². The number of nitrogens with two attached hydrogens (primary N) is 1. The van der Waals surface area contributed by atoms with Gasteiger partial charge in [0.1, 0.15) is 5.75 Å². The molecule has 1 aromatic rings. The lowest BCUT2D eigenvalue weighted by molar-refractivity contribution is -0.130. The Kier molecular flexibility index (Phi) is 5.10. The first-order valence-electron chi connectivity index (χ1n) is 7.56. The molecule has 0 fully saturated rings. The summed E-state index contributed by atoms with van der Waals surface area (Å²) in [6.07, 6.45) is 0. The van der Waals surface area contributed by atoms with Gasteiger partial charge in [-0.05, 0) is 24.6 Å². The molecule has 23 heavy (non-hydrogen) atoms. The molecular formula is C16H24N4O3. The minimum Gasteiger partial charge on any atom is -0.495 e. The minimum absolute atomic E-state index is 0.0355. The summed E-state index contributed by atoms with van der Waals surface area (Å²) in [7, 11) is 4.97. The second-order valence-corrected chi connectivity index (χ2v) is 5.79. The van der Waals surface area contributed by atoms with Crippen molar-refractivity contribution in [2.24, 2.45) is 0 Å². The average molecular weight is 320 g/mol. The Labute approximate surface area is 136 Å². The van der Waals surface area contributed by atoms with Crippen LogP contribution in [-0.4, -0.2) is 62.5 Å². The summed E-state index contributed by atoms with van der Waals surface area (Å²) in [6, 6.07) is 3.62. The molecule has 0 aromatic heterocycles. The van der Waals surface area contributed by atoms with Gasteiger partial charge in [-0.1, -0.05) is 0 Å². The minimum atomic E-state index is -0.0395. The zero-order valence-electron chi connectivity index (χ0n) is 14.1. The molecule has 1 aromatic carbocycles. The van der Waals surface area contributed by atoms with Crippen molar-refractivity contribution in [3.8, 4) is 5.75 Å². The van der Waals surface area contributed by atoms with Gasteiger partial charge in [0.2, 0.25) is 11.8 Å². The van der Waals surface area contributed by atoms with Gasteiger partial charge in [0.05, 0.1) is 31.6 Å². The van der Waals surface area contributed by atoms with Gasteiger partial charge < -0.3 is 20.3 Å². The first-order chi connectivity index (χ1) is 10.9. The van der Waals surface area contributed by atoms with Gasteiger partial charge >= 0.3 is 0 Å². The van der Waals surface area contributed by atoms with Crippen molar-refractivity contribution in [3.05, 3.63) is 17.7 Å². The number of carbonyl (C=O) groups excluding carboxylic acids is 2. The lowest BCUT2D eigenvalue weighted by Crippen LogP contribution is -2.41. The highest BCUT2D eigenvalue weighted by molar-refractivity contribution is 5.97. The van der Waals surface area contributed by atoms with Crippen molar-refractivity contribution in [2.45, 2.75) is 13.5 Å². The van der Waals surface area contributed by atoms with Gasteiger partial charge in [-0.2, -0.15) is 0 Å². The van der Waals surface area contributed by atoms with Crippen LogP contribution in [0.25, 0.3) is 0 Å². The fourth-order valence-corrected chi connectivity index (χ4v) is 2.68. The van der Waals surface area contributed by atoms with E-state index in [2.05, 4.69) is 0 Å². The van der Waals surface area contributed by atoms with Crippen LogP contribution in [-0.2, 0) is 16.1 Å². The Balaban J connectivity index is 2.40. The second-order valence-electron chi connectivity index (χ2n) is 5.79. The van der Waals surface area contributed by atoms with Gasteiger partial charge in [-0.3, -0.25) is 14.5 Å². The van der Waals surface area contributed by atoms with E-state index in [0.29, 0.717) is 24.5 Å². The fourth-order valence-electron chi connectivity index (χ4n) is 2.68. The maximum atomic E-state index is 12.5. The van der Waals surface area contributed by atoms with E-state index >= 15 is 0 Å². The lowest BCUT2D eigenvalue weighted by atomic mass is 10.1. The van der Waals surface area contributed by atoms with Gasteiger partial charge in [-0.25, -0.2) is 0 Å². The molecule has 1 aliphatic rings. The number of likely N-dealkylation sites (N-methyl/N-ethyl adjacent to an activating group) is 2. The number of benzene rings is 1. The number of nitrogen functional groups attached to an aromatic ring is 1. The largest absolute Gasteiger partial charge is 0.495 e. The first-order valence-corrected chi connectivity index (χ1v) is 7.56. The van der Waals surface area contributed by atoms with Crippen molar-refractivity contribution < 1.29 is 14.3 Å². The number of ether oxygens (including phenoxy) is 1. The normalized spacial score (nSPS) is 15.1. The van der Waals surface area contributed by atoms with E-state index in [1.807, 2.05) is 17.9 Å². The summed E-state index contributed by atoms with van der Waals surface area (Å²) in [6.45, 7) is 3.36. The monoisotopic (exact) mass is 320 g/mol. The van der Waals surface area contributed by atoms with Crippen LogP contribution in [0.4, 0.5) is 11.4 Å². The van der Waals surface area contributed by atoms with Gasteiger partial charge in [0, 0.05) is 27.2 Å². The van der Waals surface area contributed by atoms with Crippen LogP contribution in [0.3, 0.4) is 0 Å². The summed E-state index contributed by atoms with van der Waals surface area (Å²) in [4.78, 5) is 29.6. The third-order valence-electron chi connectivity index (χ3n) is 3.95. The molecule has 0 radical (unpaired) electrons. The molecule has 0 saturated carbocycles. The third kappa shape index (κ3) is 3.56. The highest BCUT2D eigenvalue weighted by atomic mass is 16.5. The zero-order valence-corrected chi connectivity index (χ0v) is 14.1. The molecule has 1 aliphatic heterocycles. The molecule has 0 atom stereocenters. The molecule has 2 N–H and O–H groups in total.